The van der Waals surface area contributed by atoms with Crippen LogP contribution in [0.4, 0.5) is 18.9 Å². The molecule has 0 spiro atoms. The third-order valence-electron chi connectivity index (χ3n) is 3.15. The van der Waals surface area contributed by atoms with Gasteiger partial charge in [0.1, 0.15) is 0 Å². The third kappa shape index (κ3) is 3.56. The van der Waals surface area contributed by atoms with E-state index >= 15 is 0 Å². The summed E-state index contributed by atoms with van der Waals surface area (Å²) in [6, 6.07) is 1.55. The van der Waals surface area contributed by atoms with Crippen LogP contribution in [0.2, 0.25) is 0 Å². The molecule has 5 nitrogen and oxygen atoms in total. The highest BCUT2D eigenvalue weighted by molar-refractivity contribution is 5.95. The highest BCUT2D eigenvalue weighted by atomic mass is 19.2. The van der Waals surface area contributed by atoms with Gasteiger partial charge in [-0.25, -0.2) is 18.0 Å². The van der Waals surface area contributed by atoms with E-state index in [0.717, 1.165) is 12.5 Å². The van der Waals surface area contributed by atoms with Crippen molar-refractivity contribution < 1.29 is 32.2 Å². The van der Waals surface area contributed by atoms with Gasteiger partial charge in [0, 0.05) is 6.61 Å². The van der Waals surface area contributed by atoms with Crippen molar-refractivity contribution in [1.29, 1.82) is 0 Å². The lowest BCUT2D eigenvalue weighted by Gasteiger charge is -2.16. The summed E-state index contributed by atoms with van der Waals surface area (Å²) in [5.74, 6) is -6.14. The average molecular weight is 317 g/mol. The minimum Gasteiger partial charge on any atom is -0.451 e. The molecule has 1 saturated heterocycles. The van der Waals surface area contributed by atoms with E-state index in [1.54, 1.807) is 0 Å². The Kier molecular flexibility index (Phi) is 5.02. The molecule has 0 saturated carbocycles. The molecule has 2 atom stereocenters. The Morgan fingerprint density at radius 2 is 2.05 bits per heavy atom. The first-order chi connectivity index (χ1) is 10.4. The average Bonchev–Trinajstić information content (AvgIpc) is 3.02. The van der Waals surface area contributed by atoms with Crippen LogP contribution in [0.15, 0.2) is 12.1 Å². The summed E-state index contributed by atoms with van der Waals surface area (Å²) >= 11 is 0. The van der Waals surface area contributed by atoms with E-state index in [1.165, 1.54) is 6.92 Å². The predicted octanol–water partition coefficient (Wildman–Crippen LogP) is 2.15. The zero-order valence-corrected chi connectivity index (χ0v) is 11.7. The molecule has 0 unspecified atom stereocenters. The normalized spacial score (nSPS) is 18.8. The second kappa shape index (κ2) is 6.78. The molecule has 1 N–H and O–H groups in total. The summed E-state index contributed by atoms with van der Waals surface area (Å²) < 4.78 is 49.3. The van der Waals surface area contributed by atoms with Crippen LogP contribution in [0.3, 0.4) is 0 Å². The molecule has 0 bridgehead atoms. The molecule has 1 aromatic rings. The van der Waals surface area contributed by atoms with Crippen LogP contribution >= 0.6 is 0 Å². The van der Waals surface area contributed by atoms with Gasteiger partial charge in [0.15, 0.2) is 29.7 Å². The first-order valence-corrected chi connectivity index (χ1v) is 6.66. The number of amides is 1. The molecule has 1 amide bonds. The summed E-state index contributed by atoms with van der Waals surface area (Å²) in [6.07, 6.45) is -0.717. The Morgan fingerprint density at radius 3 is 2.68 bits per heavy atom. The van der Waals surface area contributed by atoms with Crippen molar-refractivity contribution in [3.63, 3.8) is 0 Å². The zero-order valence-electron chi connectivity index (χ0n) is 11.7. The van der Waals surface area contributed by atoms with Crippen LogP contribution < -0.4 is 5.32 Å². The highest BCUT2D eigenvalue weighted by Gasteiger charge is 2.28. The number of nitrogens with one attached hydrogen (secondary N) is 1. The van der Waals surface area contributed by atoms with Crippen molar-refractivity contribution >= 4 is 17.6 Å². The number of halogens is 3. The minimum absolute atomic E-state index is 0.445. The van der Waals surface area contributed by atoms with Crippen LogP contribution in [0.5, 0.6) is 0 Å². The SMILES string of the molecule is C[C@@H](OC(=O)[C@H]1CCCO1)C(=O)Nc1ccc(F)c(F)c1F. The maximum atomic E-state index is 13.4. The van der Waals surface area contributed by atoms with Crippen LogP contribution in [-0.4, -0.2) is 30.7 Å². The lowest BCUT2D eigenvalue weighted by Crippen LogP contribution is -2.34. The minimum atomic E-state index is -1.69. The maximum absolute atomic E-state index is 13.4. The number of hydrogen-bond donors (Lipinski definition) is 1. The number of esters is 1. The Bertz CT molecular complexity index is 588. The molecule has 1 heterocycles. The van der Waals surface area contributed by atoms with Crippen molar-refractivity contribution in [2.24, 2.45) is 0 Å². The molecule has 1 fully saturated rings. The number of benzene rings is 1. The topological polar surface area (TPSA) is 64.6 Å². The summed E-state index contributed by atoms with van der Waals surface area (Å²) in [5, 5.41) is 2.04. The standard InChI is InChI=1S/C14H14F3NO4/c1-7(22-14(20)10-3-2-6-21-10)13(19)18-9-5-4-8(15)11(16)12(9)17/h4-5,7,10H,2-3,6H2,1H3,(H,18,19)/t7-,10-/m1/s1. The van der Waals surface area contributed by atoms with Crippen molar-refractivity contribution in [2.75, 3.05) is 11.9 Å². The summed E-state index contributed by atoms with van der Waals surface area (Å²) in [5.41, 5.74) is -0.538. The van der Waals surface area contributed by atoms with Gasteiger partial charge in [0.25, 0.3) is 5.91 Å². The van der Waals surface area contributed by atoms with Crippen molar-refractivity contribution in [2.45, 2.75) is 32.0 Å². The van der Waals surface area contributed by atoms with E-state index in [0.29, 0.717) is 19.1 Å². The highest BCUT2D eigenvalue weighted by Crippen LogP contribution is 2.20. The maximum Gasteiger partial charge on any atom is 0.336 e. The van der Waals surface area contributed by atoms with E-state index in [4.69, 9.17) is 9.47 Å². The number of rotatable bonds is 4. The largest absolute Gasteiger partial charge is 0.451 e. The van der Waals surface area contributed by atoms with Crippen LogP contribution in [-0.2, 0) is 19.1 Å². The van der Waals surface area contributed by atoms with E-state index in [2.05, 4.69) is 0 Å². The molecular weight excluding hydrogens is 303 g/mol. The zero-order chi connectivity index (χ0) is 16.3. The number of carbonyl (C=O) groups excluding carboxylic acids is 2. The van der Waals surface area contributed by atoms with E-state index in [1.807, 2.05) is 5.32 Å². The van der Waals surface area contributed by atoms with Gasteiger partial charge < -0.3 is 14.8 Å². The van der Waals surface area contributed by atoms with E-state index in [9.17, 15) is 22.8 Å². The lowest BCUT2D eigenvalue weighted by molar-refractivity contribution is -0.162. The first-order valence-electron chi connectivity index (χ1n) is 6.66. The van der Waals surface area contributed by atoms with Crippen molar-refractivity contribution in [1.82, 2.24) is 0 Å². The molecule has 0 aliphatic carbocycles. The number of anilines is 1. The fourth-order valence-corrected chi connectivity index (χ4v) is 1.92. The second-order valence-electron chi connectivity index (χ2n) is 4.79. The fourth-order valence-electron chi connectivity index (χ4n) is 1.92. The Balaban J connectivity index is 1.96. The van der Waals surface area contributed by atoms with Gasteiger partial charge in [-0.2, -0.15) is 0 Å². The number of ether oxygens (including phenoxy) is 2. The molecule has 1 aliphatic rings. The predicted molar refractivity (Wildman–Crippen MR) is 69.5 cm³/mol. The van der Waals surface area contributed by atoms with Crippen LogP contribution in [0, 0.1) is 17.5 Å². The molecule has 0 aromatic heterocycles. The second-order valence-corrected chi connectivity index (χ2v) is 4.79. The molecule has 8 heteroatoms. The first kappa shape index (κ1) is 16.3. The number of hydrogen-bond acceptors (Lipinski definition) is 4. The Hall–Kier alpha value is -2.09. The number of carbonyl (C=O) groups is 2. The van der Waals surface area contributed by atoms with Gasteiger partial charge in [0.2, 0.25) is 0 Å². The molecule has 22 heavy (non-hydrogen) atoms. The molecule has 1 aromatic carbocycles. The molecular formula is C14H14F3NO4. The van der Waals surface area contributed by atoms with Crippen molar-refractivity contribution in [3.05, 3.63) is 29.6 Å². The van der Waals surface area contributed by atoms with Crippen molar-refractivity contribution in [3.8, 4) is 0 Å². The van der Waals surface area contributed by atoms with Gasteiger partial charge in [0.05, 0.1) is 5.69 Å². The van der Waals surface area contributed by atoms with Gasteiger partial charge in [-0.15, -0.1) is 0 Å². The molecule has 2 rings (SSSR count). The smallest absolute Gasteiger partial charge is 0.336 e. The van der Waals surface area contributed by atoms with E-state index in [-0.39, 0.29) is 0 Å². The van der Waals surface area contributed by atoms with E-state index < -0.39 is 47.2 Å². The van der Waals surface area contributed by atoms with Gasteiger partial charge >= 0.3 is 5.97 Å². The third-order valence-corrected chi connectivity index (χ3v) is 3.15. The summed E-state index contributed by atoms with van der Waals surface area (Å²) in [6.45, 7) is 1.72. The Labute approximate surface area is 124 Å². The lowest BCUT2D eigenvalue weighted by atomic mass is 10.2. The Morgan fingerprint density at radius 1 is 1.32 bits per heavy atom. The summed E-state index contributed by atoms with van der Waals surface area (Å²) in [4.78, 5) is 23.5. The van der Waals surface area contributed by atoms with Crippen LogP contribution in [0.25, 0.3) is 0 Å². The summed E-state index contributed by atoms with van der Waals surface area (Å²) in [7, 11) is 0. The van der Waals surface area contributed by atoms with Crippen LogP contribution in [0.1, 0.15) is 19.8 Å². The monoisotopic (exact) mass is 317 g/mol. The quantitative estimate of drug-likeness (QED) is 0.683. The molecule has 1 aliphatic heterocycles. The van der Waals surface area contributed by atoms with Gasteiger partial charge in [-0.3, -0.25) is 4.79 Å². The fraction of sp³-hybridized carbons (Fsp3) is 0.429. The van der Waals surface area contributed by atoms with Gasteiger partial charge in [-0.05, 0) is 31.9 Å². The molecule has 120 valence electrons. The molecule has 0 radical (unpaired) electrons. The van der Waals surface area contributed by atoms with Gasteiger partial charge in [-0.1, -0.05) is 0 Å².